The molecule has 3 aromatic rings. The number of amides is 3. The van der Waals surface area contributed by atoms with Crippen molar-refractivity contribution in [3.63, 3.8) is 0 Å². The molecule has 0 aliphatic carbocycles. The van der Waals surface area contributed by atoms with Crippen LogP contribution in [0, 0.1) is 0 Å². The van der Waals surface area contributed by atoms with Gasteiger partial charge in [-0.25, -0.2) is 0 Å². The average molecular weight is 391 g/mol. The van der Waals surface area contributed by atoms with Gasteiger partial charge in [0.25, 0.3) is 11.8 Å². The number of fused-ring (bicyclic) bond motifs is 1. The van der Waals surface area contributed by atoms with Gasteiger partial charge in [0.2, 0.25) is 5.91 Å². The molecule has 28 heavy (non-hydrogen) atoms. The number of nitrogens with zero attached hydrogens (tertiary/aromatic N) is 1. The first-order chi connectivity index (χ1) is 13.5. The molecule has 140 valence electrons. The Bertz CT molecular complexity index is 1080. The molecule has 1 aliphatic rings. The van der Waals surface area contributed by atoms with Gasteiger partial charge in [0.1, 0.15) is 11.5 Å². The van der Waals surface area contributed by atoms with Gasteiger partial charge in [-0.15, -0.1) is 11.3 Å². The van der Waals surface area contributed by atoms with Crippen LogP contribution in [0.2, 0.25) is 0 Å². The second kappa shape index (κ2) is 7.28. The van der Waals surface area contributed by atoms with Crippen LogP contribution in [0.3, 0.4) is 0 Å². The largest absolute Gasteiger partial charge is 0.366 e. The van der Waals surface area contributed by atoms with Crippen molar-refractivity contribution in [1.29, 1.82) is 0 Å². The molecular formula is C21H17N3O3S. The lowest BCUT2D eigenvalue weighted by molar-refractivity contribution is -0.116. The molecule has 0 radical (unpaired) electrons. The number of thiophene rings is 1. The monoisotopic (exact) mass is 391 g/mol. The van der Waals surface area contributed by atoms with Crippen molar-refractivity contribution in [1.82, 2.24) is 4.90 Å². The number of hydrogen-bond acceptors (Lipinski definition) is 4. The summed E-state index contributed by atoms with van der Waals surface area (Å²) in [5.74, 6) is -1.15. The maximum absolute atomic E-state index is 12.5. The summed E-state index contributed by atoms with van der Waals surface area (Å²) in [5.41, 5.74) is 8.19. The number of carbonyl (C=O) groups is 3. The molecule has 3 amide bonds. The number of anilines is 1. The van der Waals surface area contributed by atoms with E-state index >= 15 is 0 Å². The predicted molar refractivity (Wildman–Crippen MR) is 108 cm³/mol. The standard InChI is InChI=1S/C21H17N3O3S/c22-19(26)16-10-17(13-6-2-1-3-7-13)28-20(16)23-18(25)12-24-11-14-8-4-5-9-15(14)21(24)27/h1-10H,11-12H2,(H2,22,26)(H,23,25). The Morgan fingerprint density at radius 3 is 2.50 bits per heavy atom. The Hall–Kier alpha value is -3.45. The molecule has 6 nitrogen and oxygen atoms in total. The third kappa shape index (κ3) is 3.39. The van der Waals surface area contributed by atoms with Gasteiger partial charge in [-0.05, 0) is 23.3 Å². The van der Waals surface area contributed by atoms with E-state index in [1.807, 2.05) is 42.5 Å². The summed E-state index contributed by atoms with van der Waals surface area (Å²) in [5, 5.41) is 3.13. The third-order valence-corrected chi connectivity index (χ3v) is 5.64. The molecule has 7 heteroatoms. The summed E-state index contributed by atoms with van der Waals surface area (Å²) in [7, 11) is 0. The van der Waals surface area contributed by atoms with E-state index in [0.717, 1.165) is 16.0 Å². The number of nitrogens with two attached hydrogens (primary N) is 1. The van der Waals surface area contributed by atoms with E-state index in [4.69, 9.17) is 5.73 Å². The van der Waals surface area contributed by atoms with Gasteiger partial charge in [-0.1, -0.05) is 48.5 Å². The van der Waals surface area contributed by atoms with Crippen LogP contribution >= 0.6 is 11.3 Å². The Morgan fingerprint density at radius 2 is 1.79 bits per heavy atom. The van der Waals surface area contributed by atoms with Crippen LogP contribution < -0.4 is 11.1 Å². The van der Waals surface area contributed by atoms with Crippen molar-refractivity contribution in [3.05, 3.63) is 77.4 Å². The lowest BCUT2D eigenvalue weighted by Crippen LogP contribution is -2.33. The van der Waals surface area contributed by atoms with Crippen LogP contribution in [0.5, 0.6) is 0 Å². The van der Waals surface area contributed by atoms with Crippen LogP contribution in [0.25, 0.3) is 10.4 Å². The highest BCUT2D eigenvalue weighted by molar-refractivity contribution is 7.20. The fraction of sp³-hybridized carbons (Fsp3) is 0.0952. The Kier molecular flexibility index (Phi) is 4.67. The Balaban J connectivity index is 1.51. The van der Waals surface area contributed by atoms with Crippen molar-refractivity contribution >= 4 is 34.1 Å². The van der Waals surface area contributed by atoms with Gasteiger partial charge < -0.3 is 16.0 Å². The molecule has 4 rings (SSSR count). The lowest BCUT2D eigenvalue weighted by Gasteiger charge is -2.15. The molecule has 0 unspecified atom stereocenters. The molecule has 0 bridgehead atoms. The van der Waals surface area contributed by atoms with E-state index in [0.29, 0.717) is 17.1 Å². The number of benzene rings is 2. The Morgan fingerprint density at radius 1 is 1.07 bits per heavy atom. The fourth-order valence-electron chi connectivity index (χ4n) is 3.19. The fourth-order valence-corrected chi connectivity index (χ4v) is 4.28. The average Bonchev–Trinajstić information content (AvgIpc) is 3.25. The van der Waals surface area contributed by atoms with Gasteiger partial charge in [0, 0.05) is 17.0 Å². The number of carbonyl (C=O) groups excluding carboxylic acids is 3. The molecule has 0 atom stereocenters. The molecule has 0 saturated heterocycles. The zero-order valence-corrected chi connectivity index (χ0v) is 15.7. The summed E-state index contributed by atoms with van der Waals surface area (Å²) in [4.78, 5) is 39.1. The lowest BCUT2D eigenvalue weighted by atomic mass is 10.1. The van der Waals surface area contributed by atoms with E-state index in [2.05, 4.69) is 5.32 Å². The first kappa shape index (κ1) is 17.9. The van der Waals surface area contributed by atoms with Crippen molar-refractivity contribution < 1.29 is 14.4 Å². The van der Waals surface area contributed by atoms with E-state index in [1.165, 1.54) is 16.2 Å². The SMILES string of the molecule is NC(=O)c1cc(-c2ccccc2)sc1NC(=O)CN1Cc2ccccc2C1=O. The topological polar surface area (TPSA) is 92.5 Å². The highest BCUT2D eigenvalue weighted by Crippen LogP contribution is 2.35. The minimum Gasteiger partial charge on any atom is -0.366 e. The number of primary amides is 1. The van der Waals surface area contributed by atoms with E-state index in [9.17, 15) is 14.4 Å². The van der Waals surface area contributed by atoms with E-state index < -0.39 is 5.91 Å². The second-order valence-electron chi connectivity index (χ2n) is 6.45. The number of hydrogen-bond donors (Lipinski definition) is 2. The van der Waals surface area contributed by atoms with Crippen LogP contribution in [0.15, 0.2) is 60.7 Å². The second-order valence-corrected chi connectivity index (χ2v) is 7.50. The summed E-state index contributed by atoms with van der Waals surface area (Å²) >= 11 is 1.28. The molecule has 1 aromatic heterocycles. The maximum atomic E-state index is 12.5. The van der Waals surface area contributed by atoms with Crippen LogP contribution in [0.1, 0.15) is 26.3 Å². The molecular weight excluding hydrogens is 374 g/mol. The molecule has 2 heterocycles. The predicted octanol–water partition coefficient (Wildman–Crippen LogP) is 3.11. The van der Waals surface area contributed by atoms with E-state index in [1.54, 1.807) is 18.2 Å². The van der Waals surface area contributed by atoms with Crippen LogP contribution in [-0.2, 0) is 11.3 Å². The first-order valence-electron chi connectivity index (χ1n) is 8.69. The smallest absolute Gasteiger partial charge is 0.254 e. The number of nitrogens with one attached hydrogen (secondary N) is 1. The van der Waals surface area contributed by atoms with Gasteiger partial charge in [0.15, 0.2) is 0 Å². The van der Waals surface area contributed by atoms with Crippen molar-refractivity contribution in [2.24, 2.45) is 5.73 Å². The Labute approximate surface area is 165 Å². The molecule has 0 spiro atoms. The van der Waals surface area contributed by atoms with Crippen LogP contribution in [0.4, 0.5) is 5.00 Å². The van der Waals surface area contributed by atoms with Gasteiger partial charge in [-0.2, -0.15) is 0 Å². The van der Waals surface area contributed by atoms with Gasteiger partial charge in [-0.3, -0.25) is 14.4 Å². The van der Waals surface area contributed by atoms with E-state index in [-0.39, 0.29) is 23.9 Å². The normalized spacial score (nSPS) is 12.7. The molecule has 0 saturated carbocycles. The minimum absolute atomic E-state index is 0.0930. The van der Waals surface area contributed by atoms with Gasteiger partial charge >= 0.3 is 0 Å². The zero-order chi connectivity index (χ0) is 19.7. The minimum atomic E-state index is -0.613. The summed E-state index contributed by atoms with van der Waals surface area (Å²) in [6.45, 7) is 0.301. The molecule has 3 N–H and O–H groups in total. The third-order valence-electron chi connectivity index (χ3n) is 4.54. The van der Waals surface area contributed by atoms with Crippen LogP contribution in [-0.4, -0.2) is 29.2 Å². The summed E-state index contributed by atoms with van der Waals surface area (Å²) in [6, 6.07) is 18.5. The van der Waals surface area contributed by atoms with Crippen molar-refractivity contribution in [3.8, 4) is 10.4 Å². The first-order valence-corrected chi connectivity index (χ1v) is 9.50. The van der Waals surface area contributed by atoms with Gasteiger partial charge in [0.05, 0.1) is 5.56 Å². The zero-order valence-electron chi connectivity index (χ0n) is 14.8. The number of rotatable bonds is 5. The van der Waals surface area contributed by atoms with Crippen molar-refractivity contribution in [2.75, 3.05) is 11.9 Å². The highest BCUT2D eigenvalue weighted by atomic mass is 32.1. The van der Waals surface area contributed by atoms with Crippen molar-refractivity contribution in [2.45, 2.75) is 6.54 Å². The molecule has 2 aromatic carbocycles. The highest BCUT2D eigenvalue weighted by Gasteiger charge is 2.28. The quantitative estimate of drug-likeness (QED) is 0.700. The molecule has 0 fully saturated rings. The summed E-state index contributed by atoms with van der Waals surface area (Å²) < 4.78 is 0. The summed E-state index contributed by atoms with van der Waals surface area (Å²) in [6.07, 6.45) is 0. The molecule has 1 aliphatic heterocycles. The maximum Gasteiger partial charge on any atom is 0.254 e.